The second-order valence-electron chi connectivity index (χ2n) is 18.2. The van der Waals surface area contributed by atoms with Crippen molar-refractivity contribution < 1.29 is 14.7 Å². The van der Waals surface area contributed by atoms with Gasteiger partial charge in [-0.15, -0.1) is 0 Å². The standard InChI is InChI=1S/C47H82N4O3/c1-36(2)45(50-42-31-29-40(30-32-42)38-22-17-13-11-7-8-12-14-18-23-38)46(53)51-43(26-21-33-49-47(48)54)44(52)35-37-27-28-41(34-37)39-24-19-15-9-5-3-4-6-10-16-20-25-39/h29-32,36-39,41,43,45,47,49-50,54H,3-28,33-35,48H2,1-2H3,(H,51,53)/t37?,41?,43-,45+,47?/m1/s1. The zero-order valence-corrected chi connectivity index (χ0v) is 34.8. The molecule has 0 spiro atoms. The quantitative estimate of drug-likeness (QED) is 0.0900. The monoisotopic (exact) mass is 751 g/mol. The minimum absolute atomic E-state index is 0.0441. The molecule has 1 amide bonds. The molecule has 0 heterocycles. The molecule has 5 atom stereocenters. The lowest BCUT2D eigenvalue weighted by Crippen LogP contribution is -2.50. The number of hydrogen-bond acceptors (Lipinski definition) is 6. The number of aliphatic hydroxyl groups is 1. The number of ketones is 1. The normalized spacial score (nSPS) is 24.2. The highest BCUT2D eigenvalue weighted by molar-refractivity contribution is 5.92. The van der Waals surface area contributed by atoms with E-state index in [0.29, 0.717) is 37.6 Å². The van der Waals surface area contributed by atoms with E-state index in [1.165, 1.54) is 153 Å². The number of rotatable bonds is 15. The summed E-state index contributed by atoms with van der Waals surface area (Å²) in [5, 5.41) is 19.2. The fourth-order valence-corrected chi connectivity index (χ4v) is 10.0. The largest absolute Gasteiger partial charge is 0.373 e. The Morgan fingerprint density at radius 3 is 1.74 bits per heavy atom. The molecular weight excluding hydrogens is 669 g/mol. The average molecular weight is 751 g/mol. The van der Waals surface area contributed by atoms with Gasteiger partial charge in [0.2, 0.25) is 5.91 Å². The summed E-state index contributed by atoms with van der Waals surface area (Å²) in [6.07, 6.45) is 34.1. The van der Waals surface area contributed by atoms with E-state index >= 15 is 0 Å². The summed E-state index contributed by atoms with van der Waals surface area (Å²) in [7, 11) is 0. The van der Waals surface area contributed by atoms with Gasteiger partial charge in [0.15, 0.2) is 12.1 Å². The van der Waals surface area contributed by atoms with Crippen LogP contribution in [0.3, 0.4) is 0 Å². The van der Waals surface area contributed by atoms with Gasteiger partial charge in [-0.2, -0.15) is 0 Å². The van der Waals surface area contributed by atoms with E-state index in [2.05, 4.69) is 54.1 Å². The summed E-state index contributed by atoms with van der Waals surface area (Å²) in [4.78, 5) is 28.0. The van der Waals surface area contributed by atoms with Crippen LogP contribution in [0.1, 0.15) is 205 Å². The van der Waals surface area contributed by atoms with E-state index in [1.807, 2.05) is 0 Å². The third-order valence-electron chi connectivity index (χ3n) is 13.4. The van der Waals surface area contributed by atoms with Crippen molar-refractivity contribution in [3.05, 3.63) is 29.8 Å². The molecule has 0 aromatic heterocycles. The summed E-state index contributed by atoms with van der Waals surface area (Å²) in [6, 6.07) is 7.84. The molecule has 308 valence electrons. The highest BCUT2D eigenvalue weighted by Crippen LogP contribution is 2.42. The van der Waals surface area contributed by atoms with Crippen LogP contribution in [-0.2, 0) is 9.59 Å². The minimum Gasteiger partial charge on any atom is -0.373 e. The van der Waals surface area contributed by atoms with E-state index in [0.717, 1.165) is 30.4 Å². The highest BCUT2D eigenvalue weighted by atomic mass is 16.3. The van der Waals surface area contributed by atoms with Gasteiger partial charge in [-0.3, -0.25) is 20.6 Å². The number of hydrogen-bond donors (Lipinski definition) is 5. The zero-order valence-electron chi connectivity index (χ0n) is 34.8. The predicted molar refractivity (Wildman–Crippen MR) is 226 cm³/mol. The fraction of sp³-hybridized carbons (Fsp3) is 0.830. The molecule has 1 aromatic carbocycles. The van der Waals surface area contributed by atoms with Gasteiger partial charge in [-0.25, -0.2) is 0 Å². The number of amides is 1. The zero-order chi connectivity index (χ0) is 38.4. The molecule has 0 bridgehead atoms. The van der Waals surface area contributed by atoms with E-state index < -0.39 is 18.4 Å². The molecule has 3 saturated carbocycles. The van der Waals surface area contributed by atoms with Crippen molar-refractivity contribution in [1.82, 2.24) is 10.6 Å². The molecule has 0 aliphatic heterocycles. The first kappa shape index (κ1) is 44.8. The van der Waals surface area contributed by atoms with Crippen molar-refractivity contribution in [2.24, 2.45) is 29.4 Å². The highest BCUT2D eigenvalue weighted by Gasteiger charge is 2.34. The number of nitrogens with one attached hydrogen (secondary N) is 3. The molecule has 3 aliphatic rings. The molecule has 0 radical (unpaired) electrons. The fourth-order valence-electron chi connectivity index (χ4n) is 10.0. The van der Waals surface area contributed by atoms with Crippen molar-refractivity contribution in [2.45, 2.75) is 218 Å². The first-order chi connectivity index (χ1) is 26.3. The van der Waals surface area contributed by atoms with Crippen molar-refractivity contribution >= 4 is 17.4 Å². The molecule has 54 heavy (non-hydrogen) atoms. The lowest BCUT2D eigenvalue weighted by atomic mass is 9.81. The SMILES string of the molecule is CC(C)[C@H](Nc1ccc(C2CCCCCCCCCC2)cc1)C(=O)N[C@H](CCCNC(N)O)C(=O)CC1CCC(C2CCCCCCCCCCCC2)C1. The topological polar surface area (TPSA) is 116 Å². The summed E-state index contributed by atoms with van der Waals surface area (Å²) in [6.45, 7) is 4.63. The third kappa shape index (κ3) is 17.0. The number of carbonyl (C=O) groups is 2. The van der Waals surface area contributed by atoms with Crippen LogP contribution in [-0.4, -0.2) is 41.8 Å². The molecule has 0 saturated heterocycles. The molecule has 4 rings (SSSR count). The number of benzene rings is 1. The van der Waals surface area contributed by atoms with Gasteiger partial charge >= 0.3 is 0 Å². The van der Waals surface area contributed by atoms with Crippen molar-refractivity contribution in [3.8, 4) is 0 Å². The summed E-state index contributed by atoms with van der Waals surface area (Å²) in [5.41, 5.74) is 7.89. The maximum atomic E-state index is 14.0. The second kappa shape index (κ2) is 26.1. The predicted octanol–water partition coefficient (Wildman–Crippen LogP) is 10.9. The Morgan fingerprint density at radius 2 is 1.22 bits per heavy atom. The lowest BCUT2D eigenvalue weighted by molar-refractivity contribution is -0.129. The Morgan fingerprint density at radius 1 is 0.704 bits per heavy atom. The van der Waals surface area contributed by atoms with E-state index in [9.17, 15) is 14.7 Å². The van der Waals surface area contributed by atoms with Gasteiger partial charge in [0.25, 0.3) is 0 Å². The number of nitrogens with two attached hydrogens (primary N) is 1. The number of anilines is 1. The molecule has 3 aliphatic carbocycles. The summed E-state index contributed by atoms with van der Waals surface area (Å²) >= 11 is 0. The van der Waals surface area contributed by atoms with Gasteiger partial charge in [0.1, 0.15) is 6.04 Å². The van der Waals surface area contributed by atoms with Crippen LogP contribution in [0.2, 0.25) is 0 Å². The molecule has 7 nitrogen and oxygen atoms in total. The molecule has 6 N–H and O–H groups in total. The van der Waals surface area contributed by atoms with Crippen molar-refractivity contribution in [2.75, 3.05) is 11.9 Å². The van der Waals surface area contributed by atoms with Crippen LogP contribution in [0.15, 0.2) is 24.3 Å². The Hall–Kier alpha value is -1.96. The van der Waals surface area contributed by atoms with E-state index in [1.54, 1.807) is 0 Å². The molecule has 1 aromatic rings. The van der Waals surface area contributed by atoms with Gasteiger partial charge in [-0.1, -0.05) is 154 Å². The van der Waals surface area contributed by atoms with Gasteiger partial charge in [0, 0.05) is 12.1 Å². The van der Waals surface area contributed by atoms with Crippen LogP contribution in [0.5, 0.6) is 0 Å². The third-order valence-corrected chi connectivity index (χ3v) is 13.4. The number of Topliss-reactive ketones (excluding diaryl/α,β-unsaturated/α-hetero) is 1. The second-order valence-corrected chi connectivity index (χ2v) is 18.2. The summed E-state index contributed by atoms with van der Waals surface area (Å²) in [5.74, 6) is 2.65. The molecule has 3 fully saturated rings. The maximum absolute atomic E-state index is 14.0. The minimum atomic E-state index is -1.09. The lowest BCUT2D eigenvalue weighted by Gasteiger charge is -2.27. The molecular formula is C47H82N4O3. The Balaban J connectivity index is 1.34. The molecule has 7 heteroatoms. The van der Waals surface area contributed by atoms with Gasteiger partial charge < -0.3 is 15.7 Å². The number of carbonyl (C=O) groups excluding carboxylic acids is 2. The molecule has 3 unspecified atom stereocenters. The van der Waals surface area contributed by atoms with Crippen LogP contribution in [0, 0.1) is 23.7 Å². The van der Waals surface area contributed by atoms with Crippen molar-refractivity contribution in [3.63, 3.8) is 0 Å². The smallest absolute Gasteiger partial charge is 0.243 e. The Labute approximate surface area is 330 Å². The van der Waals surface area contributed by atoms with E-state index in [-0.39, 0.29) is 17.6 Å². The van der Waals surface area contributed by atoms with Crippen LogP contribution >= 0.6 is 0 Å². The van der Waals surface area contributed by atoms with Crippen LogP contribution in [0.25, 0.3) is 0 Å². The maximum Gasteiger partial charge on any atom is 0.243 e. The Kier molecular flexibility index (Phi) is 21.6. The first-order valence-corrected chi connectivity index (χ1v) is 23.2. The van der Waals surface area contributed by atoms with Crippen LogP contribution < -0.4 is 21.7 Å². The Bertz CT molecular complexity index is 1130. The van der Waals surface area contributed by atoms with Crippen LogP contribution in [0.4, 0.5) is 5.69 Å². The number of aliphatic hydroxyl groups excluding tert-OH is 1. The summed E-state index contributed by atoms with van der Waals surface area (Å²) < 4.78 is 0. The van der Waals surface area contributed by atoms with E-state index in [4.69, 9.17) is 5.73 Å². The van der Waals surface area contributed by atoms with Crippen molar-refractivity contribution in [1.29, 1.82) is 0 Å². The van der Waals surface area contributed by atoms with Gasteiger partial charge in [-0.05, 0) is 98.8 Å². The average Bonchev–Trinajstić information content (AvgIpc) is 3.60. The first-order valence-electron chi connectivity index (χ1n) is 23.2. The van der Waals surface area contributed by atoms with Gasteiger partial charge in [0.05, 0.1) is 6.04 Å².